The topological polar surface area (TPSA) is 106 Å². The van der Waals surface area contributed by atoms with E-state index in [0.29, 0.717) is 16.6 Å². The molecule has 0 saturated carbocycles. The van der Waals surface area contributed by atoms with Crippen molar-refractivity contribution in [2.24, 2.45) is 5.10 Å². The van der Waals surface area contributed by atoms with Gasteiger partial charge in [-0.05, 0) is 29.8 Å². The minimum absolute atomic E-state index is 0.0413. The molecule has 0 aliphatic heterocycles. The normalized spacial score (nSPS) is 10.6. The number of carbonyl (C=O) groups is 2. The van der Waals surface area contributed by atoms with Crippen molar-refractivity contribution in [1.29, 1.82) is 0 Å². The van der Waals surface area contributed by atoms with Gasteiger partial charge < -0.3 is 10.1 Å². The van der Waals surface area contributed by atoms with Gasteiger partial charge in [-0.3, -0.25) is 9.59 Å². The van der Waals surface area contributed by atoms with Crippen molar-refractivity contribution >= 4 is 34.5 Å². The highest BCUT2D eigenvalue weighted by atomic mass is 32.1. The fourth-order valence-corrected chi connectivity index (χ4v) is 2.38. The second-order valence-electron chi connectivity index (χ2n) is 4.65. The average Bonchev–Trinajstić information content (AvgIpc) is 3.02. The number of methoxy groups -OCH3 is 1. The quantitative estimate of drug-likeness (QED) is 0.584. The Hall–Kier alpha value is -2.81. The van der Waals surface area contributed by atoms with Crippen LogP contribution in [0.2, 0.25) is 0 Å². The average molecular weight is 347 g/mol. The van der Waals surface area contributed by atoms with Crippen LogP contribution in [0.5, 0.6) is 5.75 Å². The summed E-state index contributed by atoms with van der Waals surface area (Å²) in [6, 6.07) is 7.25. The molecule has 0 saturated heterocycles. The van der Waals surface area contributed by atoms with Crippen molar-refractivity contribution < 1.29 is 14.3 Å². The predicted octanol–water partition coefficient (Wildman–Crippen LogP) is 1.59. The summed E-state index contributed by atoms with van der Waals surface area (Å²) >= 11 is 1.16. The zero-order valence-electron chi connectivity index (χ0n) is 13.3. The van der Waals surface area contributed by atoms with Crippen LogP contribution < -0.4 is 15.5 Å². The molecule has 0 aliphatic rings. The number of nitrogens with zero attached hydrogens (tertiary/aromatic N) is 3. The van der Waals surface area contributed by atoms with Gasteiger partial charge in [0.15, 0.2) is 0 Å². The minimum Gasteiger partial charge on any atom is -0.497 e. The monoisotopic (exact) mass is 347 g/mol. The Balaban J connectivity index is 1.82. The Bertz CT molecular complexity index is 727. The van der Waals surface area contributed by atoms with Crippen LogP contribution in [0.1, 0.15) is 23.9 Å². The molecule has 24 heavy (non-hydrogen) atoms. The molecule has 1 heterocycles. The lowest BCUT2D eigenvalue weighted by atomic mass is 10.2. The molecule has 1 aromatic heterocycles. The third kappa shape index (κ3) is 5.43. The summed E-state index contributed by atoms with van der Waals surface area (Å²) in [5.41, 5.74) is 3.25. The number of benzene rings is 1. The van der Waals surface area contributed by atoms with Crippen LogP contribution in [0.4, 0.5) is 5.13 Å². The van der Waals surface area contributed by atoms with Crippen molar-refractivity contribution in [3.63, 3.8) is 0 Å². The second kappa shape index (κ2) is 8.73. The maximum Gasteiger partial charge on any atom is 0.247 e. The molecule has 2 amide bonds. The number of nitrogens with one attached hydrogen (secondary N) is 2. The summed E-state index contributed by atoms with van der Waals surface area (Å²) in [4.78, 5) is 23.0. The molecule has 0 atom stereocenters. The number of rotatable bonds is 7. The van der Waals surface area contributed by atoms with Crippen LogP contribution >= 0.6 is 11.3 Å². The maximum absolute atomic E-state index is 11.8. The van der Waals surface area contributed by atoms with Crippen LogP contribution in [0.15, 0.2) is 29.4 Å². The first-order valence-electron chi connectivity index (χ1n) is 7.19. The summed E-state index contributed by atoms with van der Waals surface area (Å²) in [6.07, 6.45) is 1.93. The molecule has 0 unspecified atom stereocenters. The Morgan fingerprint density at radius 3 is 2.67 bits per heavy atom. The van der Waals surface area contributed by atoms with Gasteiger partial charge in [0.25, 0.3) is 0 Å². The summed E-state index contributed by atoms with van der Waals surface area (Å²) in [7, 11) is 1.59. The van der Waals surface area contributed by atoms with E-state index < -0.39 is 0 Å². The lowest BCUT2D eigenvalue weighted by molar-refractivity contribution is -0.120. The molecule has 1 aromatic carbocycles. The molecule has 2 aromatic rings. The smallest absolute Gasteiger partial charge is 0.247 e. The highest BCUT2D eigenvalue weighted by molar-refractivity contribution is 7.15. The van der Waals surface area contributed by atoms with Gasteiger partial charge >= 0.3 is 0 Å². The largest absolute Gasteiger partial charge is 0.497 e. The van der Waals surface area contributed by atoms with Crippen LogP contribution in [-0.4, -0.2) is 35.3 Å². The summed E-state index contributed by atoms with van der Waals surface area (Å²) in [5, 5.41) is 15.0. The molecular formula is C15H17N5O3S. The molecule has 0 radical (unpaired) electrons. The molecule has 0 fully saturated rings. The lowest BCUT2D eigenvalue weighted by Gasteiger charge is -1.99. The van der Waals surface area contributed by atoms with E-state index >= 15 is 0 Å². The van der Waals surface area contributed by atoms with Crippen molar-refractivity contribution in [2.45, 2.75) is 19.8 Å². The lowest BCUT2D eigenvalue weighted by Crippen LogP contribution is -2.19. The van der Waals surface area contributed by atoms with Gasteiger partial charge in [-0.15, -0.1) is 10.2 Å². The van der Waals surface area contributed by atoms with Crippen LogP contribution in [0, 0.1) is 0 Å². The predicted molar refractivity (Wildman–Crippen MR) is 91.3 cm³/mol. The molecule has 126 valence electrons. The van der Waals surface area contributed by atoms with Crippen LogP contribution in [-0.2, 0) is 16.0 Å². The molecule has 2 N–H and O–H groups in total. The van der Waals surface area contributed by atoms with E-state index in [9.17, 15) is 9.59 Å². The molecule has 8 nitrogen and oxygen atoms in total. The van der Waals surface area contributed by atoms with E-state index in [1.165, 1.54) is 6.21 Å². The number of aromatic nitrogens is 2. The number of amides is 2. The van der Waals surface area contributed by atoms with Crippen molar-refractivity contribution in [2.75, 3.05) is 12.4 Å². The molecular weight excluding hydrogens is 330 g/mol. The fourth-order valence-electron chi connectivity index (χ4n) is 1.63. The van der Waals surface area contributed by atoms with E-state index in [2.05, 4.69) is 26.0 Å². The van der Waals surface area contributed by atoms with E-state index in [1.807, 2.05) is 12.1 Å². The van der Waals surface area contributed by atoms with Crippen molar-refractivity contribution in [3.05, 3.63) is 34.8 Å². The zero-order valence-corrected chi connectivity index (χ0v) is 14.1. The van der Waals surface area contributed by atoms with E-state index in [1.54, 1.807) is 26.2 Å². The number of hydrogen-bond acceptors (Lipinski definition) is 7. The standard InChI is InChI=1S/C15H17N5O3S/c1-3-12(21)17-15-20-19-14(24-15)8-13(22)18-16-9-10-4-6-11(23-2)7-5-10/h4-7,9H,3,8H2,1-2H3,(H,18,22)(H,17,20,21). The molecule has 2 rings (SSSR count). The van der Waals surface area contributed by atoms with Gasteiger partial charge in [-0.2, -0.15) is 5.10 Å². The summed E-state index contributed by atoms with van der Waals surface area (Å²) in [6.45, 7) is 1.74. The van der Waals surface area contributed by atoms with E-state index in [0.717, 1.165) is 22.6 Å². The van der Waals surface area contributed by atoms with Gasteiger partial charge in [0.05, 0.1) is 19.7 Å². The number of anilines is 1. The highest BCUT2D eigenvalue weighted by Gasteiger charge is 2.10. The summed E-state index contributed by atoms with van der Waals surface area (Å²) < 4.78 is 5.06. The van der Waals surface area contributed by atoms with Crippen LogP contribution in [0.25, 0.3) is 0 Å². The van der Waals surface area contributed by atoms with Gasteiger partial charge in [0.2, 0.25) is 16.9 Å². The Morgan fingerprint density at radius 1 is 1.25 bits per heavy atom. The van der Waals surface area contributed by atoms with E-state index in [-0.39, 0.29) is 18.2 Å². The molecule has 0 spiro atoms. The SMILES string of the molecule is CCC(=O)Nc1nnc(CC(=O)NN=Cc2ccc(OC)cc2)s1. The van der Waals surface area contributed by atoms with Crippen molar-refractivity contribution in [1.82, 2.24) is 15.6 Å². The first-order chi connectivity index (χ1) is 11.6. The number of carbonyl (C=O) groups excluding carboxylic acids is 2. The minimum atomic E-state index is -0.315. The van der Waals surface area contributed by atoms with Gasteiger partial charge in [0, 0.05) is 6.42 Å². The van der Waals surface area contributed by atoms with Gasteiger partial charge in [0.1, 0.15) is 10.8 Å². The molecule has 0 bridgehead atoms. The third-order valence-corrected chi connectivity index (χ3v) is 3.70. The van der Waals surface area contributed by atoms with Crippen LogP contribution in [0.3, 0.4) is 0 Å². The molecule has 0 aliphatic carbocycles. The van der Waals surface area contributed by atoms with Crippen molar-refractivity contribution in [3.8, 4) is 5.75 Å². The number of hydrazone groups is 1. The van der Waals surface area contributed by atoms with Gasteiger partial charge in [-0.1, -0.05) is 18.3 Å². The Morgan fingerprint density at radius 2 is 2.00 bits per heavy atom. The Labute approximate surface area is 142 Å². The number of hydrogen-bond donors (Lipinski definition) is 2. The molecule has 9 heteroatoms. The second-order valence-corrected chi connectivity index (χ2v) is 5.71. The Kier molecular flexibility index (Phi) is 6.38. The zero-order chi connectivity index (χ0) is 17.4. The fraction of sp³-hybridized carbons (Fsp3) is 0.267. The third-order valence-electron chi connectivity index (χ3n) is 2.86. The van der Waals surface area contributed by atoms with E-state index in [4.69, 9.17) is 4.74 Å². The van der Waals surface area contributed by atoms with Gasteiger partial charge in [-0.25, -0.2) is 5.43 Å². The maximum atomic E-state index is 11.8. The number of ether oxygens (including phenoxy) is 1. The first kappa shape index (κ1) is 17.5. The first-order valence-corrected chi connectivity index (χ1v) is 8.00. The summed E-state index contributed by atoms with van der Waals surface area (Å²) in [5.74, 6) is 0.286. The highest BCUT2D eigenvalue weighted by Crippen LogP contribution is 2.15.